The second kappa shape index (κ2) is 16.0. The van der Waals surface area contributed by atoms with Crippen molar-refractivity contribution < 1.29 is 36.0 Å². The van der Waals surface area contributed by atoms with Gasteiger partial charge in [0.1, 0.15) is 18.8 Å². The molecule has 1 aliphatic heterocycles. The fourth-order valence-electron chi connectivity index (χ4n) is 5.60. The summed E-state index contributed by atoms with van der Waals surface area (Å²) < 4.78 is 62.9. The van der Waals surface area contributed by atoms with E-state index >= 15 is 0 Å². The molecule has 1 heterocycles. The maximum atomic E-state index is 14.1. The summed E-state index contributed by atoms with van der Waals surface area (Å²) in [4.78, 5) is 39.0. The summed E-state index contributed by atoms with van der Waals surface area (Å²) in [6.07, 6.45) is 0.290. The molecule has 0 atom stereocenters. The van der Waals surface area contributed by atoms with Crippen molar-refractivity contribution in [1.82, 2.24) is 4.90 Å². The van der Waals surface area contributed by atoms with Gasteiger partial charge in [0.15, 0.2) is 0 Å². The fourth-order valence-corrected chi connectivity index (χ4v) is 9.48. The van der Waals surface area contributed by atoms with Crippen molar-refractivity contribution in [3.63, 3.8) is 0 Å². The van der Waals surface area contributed by atoms with E-state index in [-0.39, 0.29) is 37.8 Å². The van der Waals surface area contributed by atoms with Crippen LogP contribution in [0.25, 0.3) is 10.8 Å². The smallest absolute Gasteiger partial charge is 0.264 e. The maximum absolute atomic E-state index is 14.1. The lowest BCUT2D eigenvalue weighted by atomic mass is 10.1. The third kappa shape index (κ3) is 8.73. The van der Waals surface area contributed by atoms with Gasteiger partial charge >= 0.3 is 0 Å². The Morgan fingerprint density at radius 1 is 0.745 bits per heavy atom. The monoisotopic (exact) mass is 754 g/mol. The quantitative estimate of drug-likeness (QED) is 0.162. The molecule has 0 radical (unpaired) electrons. The van der Waals surface area contributed by atoms with Crippen LogP contribution in [0.15, 0.2) is 94.7 Å². The number of amides is 3. The molecular formula is C34H38N6O8S3. The van der Waals surface area contributed by atoms with E-state index in [1.165, 1.54) is 67.8 Å². The number of hydrogen-bond acceptors (Lipinski definition) is 10. The summed E-state index contributed by atoms with van der Waals surface area (Å²) in [6.45, 7) is 1.02. The first-order valence-corrected chi connectivity index (χ1v) is 19.8. The standard InChI is InChI=1S/C34H38N6O8S3/c1-48-25-8-12-27(13-9-25)51(46,47)40(23-33(36)42)31-15-14-30(28-4-2-3-5-29(28)31)39(22-32(35)41)50(44,45)26-10-6-24(7-11-26)37-34(43)16-17-38-18-20-49-21-19-38/h2-15H,16-23H2,1H3,(H2,35,41)(H2,36,42)(H,37,43). The molecule has 1 fully saturated rings. The van der Waals surface area contributed by atoms with Crippen LogP contribution in [0, 0.1) is 0 Å². The number of fused-ring (bicyclic) bond motifs is 1. The zero-order valence-corrected chi connectivity index (χ0v) is 30.2. The highest BCUT2D eigenvalue weighted by Crippen LogP contribution is 2.38. The molecule has 3 amide bonds. The predicted octanol–water partition coefficient (Wildman–Crippen LogP) is 2.59. The summed E-state index contributed by atoms with van der Waals surface area (Å²) in [5.74, 6) is 0.405. The number of ether oxygens (including phenoxy) is 1. The molecule has 0 unspecified atom stereocenters. The van der Waals surface area contributed by atoms with E-state index in [2.05, 4.69) is 10.2 Å². The number of nitrogens with zero attached hydrogens (tertiary/aromatic N) is 3. The number of hydrogen-bond donors (Lipinski definition) is 3. The van der Waals surface area contributed by atoms with Gasteiger partial charge in [0, 0.05) is 54.0 Å². The largest absolute Gasteiger partial charge is 0.497 e. The highest BCUT2D eigenvalue weighted by Gasteiger charge is 2.32. The Labute approximate surface area is 300 Å². The van der Waals surface area contributed by atoms with Gasteiger partial charge in [-0.1, -0.05) is 24.3 Å². The first-order chi connectivity index (χ1) is 24.3. The Kier molecular flexibility index (Phi) is 11.7. The second-order valence-electron chi connectivity index (χ2n) is 11.6. The number of nitrogens with one attached hydrogen (secondary N) is 1. The van der Waals surface area contributed by atoms with Crippen molar-refractivity contribution in [3.05, 3.63) is 84.9 Å². The fraction of sp³-hybridized carbons (Fsp3) is 0.265. The van der Waals surface area contributed by atoms with Crippen molar-refractivity contribution in [3.8, 4) is 5.75 Å². The summed E-state index contributed by atoms with van der Waals surface area (Å²) in [6, 6.07) is 20.1. The summed E-state index contributed by atoms with van der Waals surface area (Å²) in [7, 11) is -7.39. The molecule has 4 aromatic rings. The molecule has 0 spiro atoms. The van der Waals surface area contributed by atoms with Gasteiger partial charge < -0.3 is 26.4 Å². The zero-order chi connectivity index (χ0) is 36.8. The minimum absolute atomic E-state index is 0.0301. The van der Waals surface area contributed by atoms with Crippen LogP contribution in [-0.2, 0) is 34.4 Å². The van der Waals surface area contributed by atoms with E-state index in [0.717, 1.165) is 33.2 Å². The van der Waals surface area contributed by atoms with E-state index < -0.39 is 45.0 Å². The second-order valence-corrected chi connectivity index (χ2v) is 16.5. The maximum Gasteiger partial charge on any atom is 0.264 e. The van der Waals surface area contributed by atoms with Crippen LogP contribution >= 0.6 is 11.8 Å². The van der Waals surface area contributed by atoms with Gasteiger partial charge in [-0.2, -0.15) is 11.8 Å². The lowest BCUT2D eigenvalue weighted by Crippen LogP contribution is -2.39. The number of anilines is 3. The topological polar surface area (TPSA) is 203 Å². The van der Waals surface area contributed by atoms with E-state index in [9.17, 15) is 31.2 Å². The van der Waals surface area contributed by atoms with Gasteiger partial charge in [0.05, 0.1) is 28.3 Å². The third-order valence-corrected chi connectivity index (χ3v) is 12.6. The van der Waals surface area contributed by atoms with Crippen LogP contribution in [-0.4, -0.2) is 90.8 Å². The van der Waals surface area contributed by atoms with Crippen molar-refractivity contribution in [1.29, 1.82) is 0 Å². The highest BCUT2D eigenvalue weighted by molar-refractivity contribution is 7.99. The number of carbonyl (C=O) groups is 3. The molecule has 270 valence electrons. The zero-order valence-electron chi connectivity index (χ0n) is 27.7. The Bertz CT molecular complexity index is 2120. The third-order valence-electron chi connectivity index (χ3n) is 8.15. The average Bonchev–Trinajstić information content (AvgIpc) is 3.12. The number of methoxy groups -OCH3 is 1. The summed E-state index contributed by atoms with van der Waals surface area (Å²) in [5, 5.41) is 3.29. The van der Waals surface area contributed by atoms with Crippen LogP contribution in [0.4, 0.5) is 17.1 Å². The molecule has 1 aliphatic rings. The van der Waals surface area contributed by atoms with Crippen molar-refractivity contribution in [2.45, 2.75) is 16.2 Å². The summed E-state index contributed by atoms with van der Waals surface area (Å²) in [5.41, 5.74) is 11.5. The summed E-state index contributed by atoms with van der Waals surface area (Å²) >= 11 is 1.88. The van der Waals surface area contributed by atoms with Crippen LogP contribution in [0.3, 0.4) is 0 Å². The van der Waals surface area contributed by atoms with E-state index in [0.29, 0.717) is 24.4 Å². The Morgan fingerprint density at radius 2 is 1.22 bits per heavy atom. The SMILES string of the molecule is COc1ccc(S(=O)(=O)N(CC(N)=O)c2ccc(N(CC(N)=O)S(=O)(=O)c3ccc(NC(=O)CCN4CCSCC4)cc3)c3ccccc23)cc1. The molecule has 51 heavy (non-hydrogen) atoms. The number of rotatable bonds is 15. The Balaban J connectivity index is 1.48. The van der Waals surface area contributed by atoms with Crippen LogP contribution in [0.5, 0.6) is 5.75 Å². The molecule has 5 N–H and O–H groups in total. The molecular weight excluding hydrogens is 717 g/mol. The number of sulfonamides is 2. The molecule has 1 saturated heterocycles. The van der Waals surface area contributed by atoms with E-state index in [1.54, 1.807) is 24.3 Å². The number of carbonyl (C=O) groups excluding carboxylic acids is 3. The van der Waals surface area contributed by atoms with Gasteiger partial charge in [0.2, 0.25) is 17.7 Å². The van der Waals surface area contributed by atoms with Crippen LogP contribution in [0.1, 0.15) is 6.42 Å². The minimum Gasteiger partial charge on any atom is -0.497 e. The number of benzene rings is 4. The predicted molar refractivity (Wildman–Crippen MR) is 198 cm³/mol. The molecule has 0 saturated carbocycles. The van der Waals surface area contributed by atoms with Crippen LogP contribution in [0.2, 0.25) is 0 Å². The molecule has 0 bridgehead atoms. The van der Waals surface area contributed by atoms with Crippen LogP contribution < -0.4 is 30.1 Å². The van der Waals surface area contributed by atoms with Gasteiger partial charge in [-0.3, -0.25) is 23.0 Å². The normalized spacial score (nSPS) is 13.7. The van der Waals surface area contributed by atoms with Gasteiger partial charge in [-0.25, -0.2) is 16.8 Å². The minimum atomic E-state index is -4.45. The van der Waals surface area contributed by atoms with Gasteiger partial charge in [-0.05, 0) is 60.7 Å². The first-order valence-electron chi connectivity index (χ1n) is 15.8. The lowest BCUT2D eigenvalue weighted by Gasteiger charge is -2.28. The molecule has 5 rings (SSSR count). The Hall–Kier alpha value is -4.84. The van der Waals surface area contributed by atoms with Crippen molar-refractivity contribution in [2.75, 3.05) is 65.3 Å². The molecule has 0 aliphatic carbocycles. The molecule has 4 aromatic carbocycles. The van der Waals surface area contributed by atoms with Crippen molar-refractivity contribution >= 4 is 77.4 Å². The number of thioether (sulfide) groups is 1. The van der Waals surface area contributed by atoms with E-state index in [1.807, 2.05) is 11.8 Å². The van der Waals surface area contributed by atoms with Gasteiger partial charge in [-0.15, -0.1) is 0 Å². The number of nitrogens with two attached hydrogens (primary N) is 2. The average molecular weight is 755 g/mol. The molecule has 14 nitrogen and oxygen atoms in total. The molecule has 17 heteroatoms. The lowest BCUT2D eigenvalue weighted by molar-refractivity contribution is -0.117. The first kappa shape index (κ1) is 37.4. The number of primary amides is 2. The van der Waals surface area contributed by atoms with Crippen molar-refractivity contribution in [2.24, 2.45) is 11.5 Å². The van der Waals surface area contributed by atoms with Gasteiger partial charge in [0.25, 0.3) is 20.0 Å². The molecule has 0 aromatic heterocycles. The highest BCUT2D eigenvalue weighted by atomic mass is 32.2. The van der Waals surface area contributed by atoms with E-state index in [4.69, 9.17) is 16.2 Å². The Morgan fingerprint density at radius 3 is 1.67 bits per heavy atom.